The van der Waals surface area contributed by atoms with Gasteiger partial charge in [-0.25, -0.2) is 9.44 Å². The number of aromatic nitrogens is 2. The fourth-order valence-corrected chi connectivity index (χ4v) is 14.7. The van der Waals surface area contributed by atoms with Crippen LogP contribution < -0.4 is 18.9 Å². The van der Waals surface area contributed by atoms with Crippen molar-refractivity contribution in [2.24, 2.45) is 17.8 Å². The number of nitrogens with one attached hydrogen (secondary N) is 2. The number of carbonyl (C=O) groups excluding carboxylic acids is 4. The minimum atomic E-state index is -3.98. The quantitative estimate of drug-likeness (QED) is 0.0842. The summed E-state index contributed by atoms with van der Waals surface area (Å²) in [7, 11) is 0.781. The third kappa shape index (κ3) is 11.7. The Morgan fingerprint density at radius 2 is 1.06 bits per heavy atom. The van der Waals surface area contributed by atoms with Gasteiger partial charge in [0.25, 0.3) is 17.7 Å². The smallest absolute Gasteiger partial charge is 0.303 e. The number of aliphatic hydroxyl groups is 2. The number of likely N-dealkylation sites (tertiary alicyclic amines) is 2. The van der Waals surface area contributed by atoms with Crippen LogP contribution in [0.4, 0.5) is 0 Å². The first-order valence-electron chi connectivity index (χ1n) is 29.9. The molecule has 1 unspecified atom stereocenters. The van der Waals surface area contributed by atoms with Crippen molar-refractivity contribution in [1.29, 1.82) is 0 Å². The zero-order valence-corrected chi connectivity index (χ0v) is 51.4. The molecular formula is C64H78N8O12S2. The summed E-state index contributed by atoms with van der Waals surface area (Å²) in [6, 6.07) is 22.8. The summed E-state index contributed by atoms with van der Waals surface area (Å²) in [5.74, 6) is 0.475. The van der Waals surface area contributed by atoms with E-state index in [1.165, 1.54) is 52.2 Å². The molecule has 2 saturated heterocycles. The molecule has 6 aliphatic rings. The SMILES string of the molecule is COc1ccc2c(c1)C=C(C(=O)N1CC(CO)C1)Cn1c-2c(C2CCCCC2)c2ccc(C(=O)NS(=O)(=O)N(C)C)cc21.COc1ccc2c(c1)CC(C(=O)N1CC(CO)C1)Cn1c-2c(C2CCCCC2)c2ccc(C(=O)NS(=O)(=O)N(C)C)cc21. The fraction of sp³-hybridized carbons (Fsp3) is 0.469. The molecular weight excluding hydrogens is 1140 g/mol. The van der Waals surface area contributed by atoms with Crippen molar-refractivity contribution in [3.8, 4) is 34.0 Å². The highest BCUT2D eigenvalue weighted by Gasteiger charge is 2.40. The Morgan fingerprint density at radius 3 is 1.56 bits per heavy atom. The van der Waals surface area contributed by atoms with Crippen molar-refractivity contribution in [3.05, 3.63) is 112 Å². The number of carbonyl (C=O) groups is 4. The summed E-state index contributed by atoms with van der Waals surface area (Å²) >= 11 is 0. The Morgan fingerprint density at radius 1 is 0.581 bits per heavy atom. The number of hydrogen-bond donors (Lipinski definition) is 4. The molecule has 12 rings (SSSR count). The second kappa shape index (κ2) is 24.6. The zero-order chi connectivity index (χ0) is 60.9. The molecule has 4 aromatic carbocycles. The summed E-state index contributed by atoms with van der Waals surface area (Å²) in [5, 5.41) is 21.1. The largest absolute Gasteiger partial charge is 0.497 e. The van der Waals surface area contributed by atoms with Crippen LogP contribution in [0.25, 0.3) is 50.4 Å². The van der Waals surface area contributed by atoms with Gasteiger partial charge in [0.2, 0.25) is 5.91 Å². The molecule has 0 bridgehead atoms. The number of aliphatic hydroxyl groups excluding tert-OH is 2. The van der Waals surface area contributed by atoms with E-state index in [2.05, 4.69) is 24.6 Å². The maximum atomic E-state index is 13.9. The number of nitrogens with zero attached hydrogens (tertiary/aromatic N) is 6. The van der Waals surface area contributed by atoms with Gasteiger partial charge in [0, 0.05) is 136 Å². The fourth-order valence-electron chi connectivity index (χ4n) is 13.6. The van der Waals surface area contributed by atoms with E-state index >= 15 is 0 Å². The van der Waals surface area contributed by atoms with E-state index in [0.29, 0.717) is 62.3 Å². The van der Waals surface area contributed by atoms with Crippen LogP contribution in [0.15, 0.2) is 78.4 Å². The average Bonchev–Trinajstić information content (AvgIpc) is 2.26. The van der Waals surface area contributed by atoms with Gasteiger partial charge in [0.05, 0.1) is 38.1 Å². The summed E-state index contributed by atoms with van der Waals surface area (Å²) in [6.45, 7) is 2.95. The molecule has 20 nitrogen and oxygen atoms in total. The van der Waals surface area contributed by atoms with E-state index in [0.717, 1.165) is 121 Å². The van der Waals surface area contributed by atoms with Crippen molar-refractivity contribution < 1.29 is 55.7 Å². The highest BCUT2D eigenvalue weighted by atomic mass is 32.2. The molecule has 86 heavy (non-hydrogen) atoms. The van der Waals surface area contributed by atoms with Gasteiger partial charge in [-0.2, -0.15) is 25.4 Å². The minimum absolute atomic E-state index is 0.0500. The first-order chi connectivity index (χ1) is 41.2. The van der Waals surface area contributed by atoms with E-state index in [1.807, 2.05) is 53.4 Å². The number of ether oxygens (including phenoxy) is 2. The molecule has 0 radical (unpaired) electrons. The van der Waals surface area contributed by atoms with Crippen LogP contribution in [0.2, 0.25) is 0 Å². The van der Waals surface area contributed by atoms with Crippen molar-refractivity contribution >= 4 is 71.9 Å². The summed E-state index contributed by atoms with van der Waals surface area (Å²) in [4.78, 5) is 57.6. The maximum absolute atomic E-state index is 13.9. The molecule has 22 heteroatoms. The molecule has 4 fully saturated rings. The molecule has 4 N–H and O–H groups in total. The number of benzene rings is 4. The lowest BCUT2D eigenvalue weighted by molar-refractivity contribution is -0.143. The standard InChI is InChI=1S/C32H40N4O6S.C32H38N4O6S/c2*1-34(2)43(40,41)33-31(38)22-9-11-27-28(15-22)36-18-24(32(39)35-16-20(17-35)19-37)13-23-14-25(42-3)10-12-26(23)30(36)29(27)21-7-5-4-6-8-21/h9-12,14-15,20-21,24,37H,4-8,13,16-19H2,1-3H3,(H,33,38);9-15,20-21,37H,4-8,16-19H2,1-3H3,(H,33,38). The van der Waals surface area contributed by atoms with Crippen LogP contribution in [0, 0.1) is 17.8 Å². The second-order valence-corrected chi connectivity index (χ2v) is 28.2. The topological polar surface area (TPSA) is 242 Å². The van der Waals surface area contributed by atoms with Crippen LogP contribution in [0.1, 0.15) is 119 Å². The molecule has 6 aromatic rings. The van der Waals surface area contributed by atoms with Gasteiger partial charge in [-0.3, -0.25) is 19.2 Å². The lowest BCUT2D eigenvalue weighted by atomic mass is 9.81. The molecule has 2 aliphatic carbocycles. The summed E-state index contributed by atoms with van der Waals surface area (Å²) in [6.07, 6.45) is 13.7. The van der Waals surface area contributed by atoms with Gasteiger partial charge in [-0.05, 0) is 133 Å². The van der Waals surface area contributed by atoms with E-state index in [-0.39, 0.29) is 60.5 Å². The molecule has 2 saturated carbocycles. The van der Waals surface area contributed by atoms with Crippen molar-refractivity contribution in [2.45, 2.75) is 95.6 Å². The van der Waals surface area contributed by atoms with Gasteiger partial charge >= 0.3 is 20.4 Å². The first-order valence-corrected chi connectivity index (χ1v) is 32.8. The van der Waals surface area contributed by atoms with E-state index in [1.54, 1.807) is 43.4 Å². The third-order valence-corrected chi connectivity index (χ3v) is 21.2. The number of amides is 4. The van der Waals surface area contributed by atoms with Gasteiger partial charge in [0.15, 0.2) is 0 Å². The molecule has 1 atom stereocenters. The van der Waals surface area contributed by atoms with Gasteiger partial charge in [-0.15, -0.1) is 0 Å². The number of rotatable bonds is 14. The molecule has 4 amide bonds. The second-order valence-electron chi connectivity index (χ2n) is 24.4. The molecule has 2 aromatic heterocycles. The van der Waals surface area contributed by atoms with Crippen molar-refractivity contribution in [2.75, 3.05) is 81.8 Å². The van der Waals surface area contributed by atoms with Gasteiger partial charge in [-0.1, -0.05) is 50.7 Å². The highest BCUT2D eigenvalue weighted by molar-refractivity contribution is 7.88. The Balaban J connectivity index is 0.000000179. The first kappa shape index (κ1) is 60.6. The predicted molar refractivity (Wildman–Crippen MR) is 329 cm³/mol. The van der Waals surface area contributed by atoms with E-state index < -0.39 is 32.2 Å². The Labute approximate surface area is 503 Å². The minimum Gasteiger partial charge on any atom is -0.497 e. The van der Waals surface area contributed by atoms with Crippen molar-refractivity contribution in [3.63, 3.8) is 0 Å². The third-order valence-electron chi connectivity index (χ3n) is 18.4. The molecule has 6 heterocycles. The summed E-state index contributed by atoms with van der Waals surface area (Å²) in [5.41, 5.74) is 11.2. The van der Waals surface area contributed by atoms with Crippen LogP contribution in [0.5, 0.6) is 11.5 Å². The number of fused-ring (bicyclic) bond motifs is 10. The molecule has 458 valence electrons. The van der Waals surface area contributed by atoms with E-state index in [9.17, 15) is 46.2 Å². The Bertz CT molecular complexity index is 3880. The Hall–Kier alpha value is -7.08. The molecule has 0 spiro atoms. The van der Waals surface area contributed by atoms with E-state index in [4.69, 9.17) is 9.47 Å². The average molecular weight is 1220 g/mol. The normalized spacial score (nSPS) is 18.5. The molecule has 4 aliphatic heterocycles. The van der Waals surface area contributed by atoms with Crippen LogP contribution >= 0.6 is 0 Å². The highest BCUT2D eigenvalue weighted by Crippen LogP contribution is 2.50. The van der Waals surface area contributed by atoms with Crippen molar-refractivity contribution in [1.82, 2.24) is 37.0 Å². The predicted octanol–water partition coefficient (Wildman–Crippen LogP) is 7.27. The lowest BCUT2D eigenvalue weighted by Crippen LogP contribution is -2.53. The Kier molecular flexibility index (Phi) is 17.3. The monoisotopic (exact) mass is 1210 g/mol. The summed E-state index contributed by atoms with van der Waals surface area (Å²) < 4.78 is 71.4. The van der Waals surface area contributed by atoms with Crippen LogP contribution in [-0.2, 0) is 49.5 Å². The van der Waals surface area contributed by atoms with Gasteiger partial charge in [0.1, 0.15) is 11.5 Å². The van der Waals surface area contributed by atoms with Gasteiger partial charge < -0.3 is 38.6 Å². The number of hydrogen-bond acceptors (Lipinski definition) is 12. The van der Waals surface area contributed by atoms with Crippen LogP contribution in [0.3, 0.4) is 0 Å². The maximum Gasteiger partial charge on any atom is 0.303 e. The lowest BCUT2D eigenvalue weighted by Gasteiger charge is -2.40. The van der Waals surface area contributed by atoms with Crippen LogP contribution in [-0.4, -0.2) is 160 Å². The number of methoxy groups -OCH3 is 2. The zero-order valence-electron chi connectivity index (χ0n) is 49.8.